The molecule has 0 saturated carbocycles. The molecule has 0 amide bonds. The number of benzene rings is 2. The van der Waals surface area contributed by atoms with Gasteiger partial charge in [0.15, 0.2) is 0 Å². The average molecular weight is 398 g/mol. The lowest BCUT2D eigenvalue weighted by Crippen LogP contribution is -2.42. The summed E-state index contributed by atoms with van der Waals surface area (Å²) in [6.45, 7) is 0.306. The molecule has 5 rings (SSSR count). The second-order valence-corrected chi connectivity index (χ2v) is 9.38. The van der Waals surface area contributed by atoms with Gasteiger partial charge in [-0.1, -0.05) is 12.1 Å². The lowest BCUT2D eigenvalue weighted by Gasteiger charge is -2.30. The number of piperidine rings is 1. The number of rotatable bonds is 3. The standard InChI is InChI=1S/C20H18N2O5S/c23-19-13-5-1-3-11-9-14-16(7-6-15(21-19)18(14)17(11)13)28(26,27)22-8-2-4-12(10-22)20(24)25/h1,3,5-7,12H,2,4,8-10H2,(H,21,23)(H,24,25). The average Bonchev–Trinajstić information content (AvgIpc) is 3.07. The minimum absolute atomic E-state index is 0.0108. The number of nitrogens with zero attached hydrogens (tertiary/aromatic N) is 1. The summed E-state index contributed by atoms with van der Waals surface area (Å²) in [5.74, 6) is -1.65. The number of hydrogen-bond donors (Lipinski definition) is 2. The second-order valence-electron chi connectivity index (χ2n) is 7.48. The lowest BCUT2D eigenvalue weighted by atomic mass is 10.0. The number of H-pyrrole nitrogens is 1. The zero-order valence-electron chi connectivity index (χ0n) is 14.9. The molecule has 1 atom stereocenters. The van der Waals surface area contributed by atoms with E-state index in [0.717, 1.165) is 16.3 Å². The zero-order chi connectivity index (χ0) is 19.6. The van der Waals surface area contributed by atoms with E-state index >= 15 is 0 Å². The molecule has 2 N–H and O–H groups in total. The van der Waals surface area contributed by atoms with Crippen LogP contribution in [0.3, 0.4) is 0 Å². The van der Waals surface area contributed by atoms with Crippen LogP contribution in [-0.2, 0) is 21.2 Å². The number of carbonyl (C=O) groups is 1. The van der Waals surface area contributed by atoms with Crippen LogP contribution in [0.2, 0.25) is 0 Å². The minimum Gasteiger partial charge on any atom is -0.481 e. The van der Waals surface area contributed by atoms with Crippen molar-refractivity contribution in [3.63, 3.8) is 0 Å². The van der Waals surface area contributed by atoms with Crippen LogP contribution in [0.4, 0.5) is 0 Å². The Labute approximate surface area is 160 Å². The van der Waals surface area contributed by atoms with Crippen molar-refractivity contribution in [2.45, 2.75) is 24.2 Å². The molecule has 0 bridgehead atoms. The number of aromatic nitrogens is 1. The SMILES string of the molecule is O=C(O)C1CCCN(S(=O)(=O)c2ccc3[nH]c(=O)c4cccc5c4c3c2C5)C1. The number of carboxylic acid groups (broad SMARTS) is 1. The monoisotopic (exact) mass is 398 g/mol. The molecular weight excluding hydrogens is 380 g/mol. The van der Waals surface area contributed by atoms with Crippen molar-refractivity contribution in [1.82, 2.24) is 9.29 Å². The fourth-order valence-electron chi connectivity index (χ4n) is 4.55. The first-order chi connectivity index (χ1) is 13.4. The molecule has 7 nitrogen and oxygen atoms in total. The molecule has 2 heterocycles. The topological polar surface area (TPSA) is 108 Å². The Morgan fingerprint density at radius 1 is 1.18 bits per heavy atom. The van der Waals surface area contributed by atoms with Gasteiger partial charge in [0.05, 0.1) is 10.8 Å². The number of carboxylic acids is 1. The summed E-state index contributed by atoms with van der Waals surface area (Å²) >= 11 is 0. The van der Waals surface area contributed by atoms with Gasteiger partial charge in [-0.15, -0.1) is 0 Å². The third kappa shape index (κ3) is 2.34. The van der Waals surface area contributed by atoms with Crippen molar-refractivity contribution in [3.8, 4) is 0 Å². The molecule has 1 unspecified atom stereocenters. The molecule has 0 radical (unpaired) electrons. The van der Waals surface area contributed by atoms with Gasteiger partial charge in [-0.25, -0.2) is 8.42 Å². The Morgan fingerprint density at radius 3 is 2.79 bits per heavy atom. The van der Waals surface area contributed by atoms with Crippen LogP contribution in [0, 0.1) is 5.92 Å². The van der Waals surface area contributed by atoms with Gasteiger partial charge in [-0.3, -0.25) is 9.59 Å². The zero-order valence-corrected chi connectivity index (χ0v) is 15.8. The maximum absolute atomic E-state index is 13.4. The molecular formula is C20H18N2O5S. The minimum atomic E-state index is -3.83. The summed E-state index contributed by atoms with van der Waals surface area (Å²) in [6, 6.07) is 8.63. The Balaban J connectivity index is 1.70. The van der Waals surface area contributed by atoms with Crippen molar-refractivity contribution in [1.29, 1.82) is 0 Å². The Bertz CT molecular complexity index is 1330. The summed E-state index contributed by atoms with van der Waals surface area (Å²) in [7, 11) is -3.83. The van der Waals surface area contributed by atoms with Gasteiger partial charge in [0.25, 0.3) is 5.56 Å². The van der Waals surface area contributed by atoms with Crippen molar-refractivity contribution >= 4 is 37.7 Å². The van der Waals surface area contributed by atoms with E-state index in [-0.39, 0.29) is 17.0 Å². The first-order valence-corrected chi connectivity index (χ1v) is 10.6. The molecule has 0 spiro atoms. The maximum Gasteiger partial charge on any atom is 0.307 e. The van der Waals surface area contributed by atoms with E-state index in [2.05, 4.69) is 4.98 Å². The predicted octanol–water partition coefficient (Wildman–Crippen LogP) is 2.07. The fourth-order valence-corrected chi connectivity index (χ4v) is 6.30. The number of aromatic amines is 1. The largest absolute Gasteiger partial charge is 0.481 e. The number of nitrogens with one attached hydrogen (secondary N) is 1. The number of aliphatic carboxylic acids is 1. The van der Waals surface area contributed by atoms with Gasteiger partial charge in [0, 0.05) is 41.2 Å². The quantitative estimate of drug-likeness (QED) is 0.514. The highest BCUT2D eigenvalue weighted by Crippen LogP contribution is 2.40. The van der Waals surface area contributed by atoms with Crippen LogP contribution in [0.1, 0.15) is 24.0 Å². The van der Waals surface area contributed by atoms with Gasteiger partial charge in [-0.2, -0.15) is 4.31 Å². The molecule has 144 valence electrons. The molecule has 28 heavy (non-hydrogen) atoms. The van der Waals surface area contributed by atoms with Crippen molar-refractivity contribution in [2.24, 2.45) is 5.92 Å². The summed E-state index contributed by atoms with van der Waals surface area (Å²) in [6.07, 6.45) is 1.45. The highest BCUT2D eigenvalue weighted by atomic mass is 32.2. The van der Waals surface area contributed by atoms with E-state index in [1.165, 1.54) is 10.4 Å². The van der Waals surface area contributed by atoms with Crippen molar-refractivity contribution in [3.05, 3.63) is 51.8 Å². The molecule has 2 aromatic carbocycles. The van der Waals surface area contributed by atoms with Crippen LogP contribution >= 0.6 is 0 Å². The van der Waals surface area contributed by atoms with Crippen molar-refractivity contribution in [2.75, 3.05) is 13.1 Å². The molecule has 1 aliphatic heterocycles. The second kappa shape index (κ2) is 5.89. The Morgan fingerprint density at radius 2 is 2.00 bits per heavy atom. The van der Waals surface area contributed by atoms with E-state index in [0.29, 0.717) is 42.3 Å². The van der Waals surface area contributed by atoms with Crippen LogP contribution in [0.25, 0.3) is 21.7 Å². The molecule has 2 aliphatic rings. The van der Waals surface area contributed by atoms with Gasteiger partial charge >= 0.3 is 5.97 Å². The molecule has 1 fully saturated rings. The van der Waals surface area contributed by atoms with Crippen LogP contribution in [-0.4, -0.2) is 41.9 Å². The third-order valence-electron chi connectivity index (χ3n) is 5.88. The third-order valence-corrected chi connectivity index (χ3v) is 7.83. The van der Waals surface area contributed by atoms with Gasteiger partial charge < -0.3 is 10.1 Å². The molecule has 3 aromatic rings. The molecule has 1 saturated heterocycles. The molecule has 8 heteroatoms. The summed E-state index contributed by atoms with van der Waals surface area (Å²) in [5.41, 5.74) is 2.05. The van der Waals surface area contributed by atoms with Crippen LogP contribution < -0.4 is 5.56 Å². The fraction of sp³-hybridized carbons (Fsp3) is 0.300. The number of sulfonamides is 1. The normalized spacial score (nSPS) is 19.6. The Kier molecular flexibility index (Phi) is 3.66. The Hall–Kier alpha value is -2.71. The highest BCUT2D eigenvalue weighted by molar-refractivity contribution is 7.89. The van der Waals surface area contributed by atoms with Gasteiger partial charge in [0.2, 0.25) is 10.0 Å². The van der Waals surface area contributed by atoms with Crippen molar-refractivity contribution < 1.29 is 18.3 Å². The predicted molar refractivity (Wildman–Crippen MR) is 104 cm³/mol. The van der Waals surface area contributed by atoms with E-state index in [1.807, 2.05) is 6.07 Å². The number of pyridine rings is 1. The molecule has 1 aromatic heterocycles. The molecule has 1 aliphatic carbocycles. The van der Waals surface area contributed by atoms with Gasteiger partial charge in [0.1, 0.15) is 0 Å². The van der Waals surface area contributed by atoms with Crippen LogP contribution in [0.5, 0.6) is 0 Å². The lowest BCUT2D eigenvalue weighted by molar-refractivity contribution is -0.142. The first-order valence-electron chi connectivity index (χ1n) is 9.20. The van der Waals surface area contributed by atoms with E-state index in [4.69, 9.17) is 0 Å². The maximum atomic E-state index is 13.4. The number of hydrogen-bond acceptors (Lipinski definition) is 4. The summed E-state index contributed by atoms with van der Waals surface area (Å²) in [5, 5.41) is 11.5. The highest BCUT2D eigenvalue weighted by Gasteiger charge is 2.36. The smallest absolute Gasteiger partial charge is 0.307 e. The summed E-state index contributed by atoms with van der Waals surface area (Å²) in [4.78, 5) is 26.8. The summed E-state index contributed by atoms with van der Waals surface area (Å²) < 4.78 is 28.1. The van der Waals surface area contributed by atoms with E-state index in [9.17, 15) is 23.1 Å². The van der Waals surface area contributed by atoms with E-state index < -0.39 is 21.9 Å². The first kappa shape index (κ1) is 17.4. The van der Waals surface area contributed by atoms with E-state index in [1.54, 1.807) is 18.2 Å². The van der Waals surface area contributed by atoms with Gasteiger partial charge in [-0.05, 0) is 42.2 Å². The van der Waals surface area contributed by atoms with Crippen LogP contribution in [0.15, 0.2) is 40.0 Å².